The van der Waals surface area contributed by atoms with Gasteiger partial charge in [-0.05, 0) is 32.9 Å². The maximum absolute atomic E-state index is 5.56. The molecule has 1 N–H and O–H groups in total. The average molecular weight is 407 g/mol. The zero-order valence-electron chi connectivity index (χ0n) is 19.0. The van der Waals surface area contributed by atoms with Crippen molar-refractivity contribution in [2.75, 3.05) is 60.6 Å². The highest BCUT2D eigenvalue weighted by molar-refractivity contribution is 5.80. The maximum atomic E-state index is 5.56. The number of nitrogens with zero attached hydrogens (tertiary/aromatic N) is 3. The number of likely N-dealkylation sites (tertiary alicyclic amines) is 1. The topological polar surface area (TPSA) is 58.6 Å². The van der Waals surface area contributed by atoms with Crippen molar-refractivity contribution in [3.05, 3.63) is 17.7 Å². The highest BCUT2D eigenvalue weighted by Gasteiger charge is 2.28. The number of likely N-dealkylation sites (N-methyl/N-ethyl adjacent to an activating group) is 1. The fourth-order valence-corrected chi connectivity index (χ4v) is 4.00. The molecule has 1 heterocycles. The van der Waals surface area contributed by atoms with Gasteiger partial charge in [0.15, 0.2) is 5.96 Å². The van der Waals surface area contributed by atoms with Crippen molar-refractivity contribution >= 4 is 5.96 Å². The molecular formula is C22H38N4O3. The summed E-state index contributed by atoms with van der Waals surface area (Å²) in [5.41, 5.74) is 1.01. The van der Waals surface area contributed by atoms with Crippen LogP contribution < -0.4 is 19.5 Å². The third kappa shape index (κ3) is 5.92. The van der Waals surface area contributed by atoms with Crippen molar-refractivity contribution in [1.82, 2.24) is 15.1 Å². The van der Waals surface area contributed by atoms with Gasteiger partial charge in [0.2, 0.25) is 0 Å². The SMILES string of the molecule is CCNC(=NCCc1c(OC)cc(OC)cc1OC)N1CCC(N(CC)CC)C1. The van der Waals surface area contributed by atoms with Crippen LogP contribution in [0.5, 0.6) is 17.2 Å². The minimum absolute atomic E-state index is 0.607. The van der Waals surface area contributed by atoms with E-state index in [1.54, 1.807) is 21.3 Å². The Hall–Kier alpha value is -2.15. The third-order valence-electron chi connectivity index (χ3n) is 5.57. The van der Waals surface area contributed by atoms with Crippen LogP contribution in [0.2, 0.25) is 0 Å². The smallest absolute Gasteiger partial charge is 0.193 e. The molecule has 1 fully saturated rings. The minimum Gasteiger partial charge on any atom is -0.496 e. The molecule has 1 saturated heterocycles. The normalized spacial score (nSPS) is 17.0. The molecule has 1 aromatic carbocycles. The van der Waals surface area contributed by atoms with Crippen LogP contribution in [0.15, 0.2) is 17.1 Å². The first-order valence-corrected chi connectivity index (χ1v) is 10.7. The van der Waals surface area contributed by atoms with E-state index in [9.17, 15) is 0 Å². The Morgan fingerprint density at radius 3 is 2.28 bits per heavy atom. The van der Waals surface area contributed by atoms with Crippen LogP contribution in [0.25, 0.3) is 0 Å². The third-order valence-corrected chi connectivity index (χ3v) is 5.57. The van der Waals surface area contributed by atoms with E-state index in [0.717, 1.165) is 67.9 Å². The van der Waals surface area contributed by atoms with Crippen LogP contribution in [0.4, 0.5) is 0 Å². The van der Waals surface area contributed by atoms with E-state index in [1.165, 1.54) is 6.42 Å². The Kier molecular flexibility index (Phi) is 9.38. The lowest BCUT2D eigenvalue weighted by Crippen LogP contribution is -2.43. The van der Waals surface area contributed by atoms with Gasteiger partial charge in [-0.1, -0.05) is 13.8 Å². The molecule has 29 heavy (non-hydrogen) atoms. The monoisotopic (exact) mass is 406 g/mol. The number of guanidine groups is 1. The molecule has 164 valence electrons. The van der Waals surface area contributed by atoms with E-state index >= 15 is 0 Å². The van der Waals surface area contributed by atoms with Gasteiger partial charge in [-0.15, -0.1) is 0 Å². The van der Waals surface area contributed by atoms with Crippen LogP contribution in [0, 0.1) is 0 Å². The summed E-state index contributed by atoms with van der Waals surface area (Å²) in [7, 11) is 4.98. The summed E-state index contributed by atoms with van der Waals surface area (Å²) >= 11 is 0. The zero-order valence-corrected chi connectivity index (χ0v) is 19.0. The molecule has 0 amide bonds. The molecule has 0 bridgehead atoms. The quantitative estimate of drug-likeness (QED) is 0.476. The summed E-state index contributed by atoms with van der Waals surface area (Å²) in [5.74, 6) is 3.25. The van der Waals surface area contributed by atoms with E-state index in [0.29, 0.717) is 12.6 Å². The van der Waals surface area contributed by atoms with Crippen molar-refractivity contribution in [3.63, 3.8) is 0 Å². The van der Waals surface area contributed by atoms with Gasteiger partial charge >= 0.3 is 0 Å². The molecule has 0 radical (unpaired) electrons. The van der Waals surface area contributed by atoms with Crippen LogP contribution in [-0.4, -0.2) is 82.4 Å². The summed E-state index contributed by atoms with van der Waals surface area (Å²) in [5, 5.41) is 3.46. The van der Waals surface area contributed by atoms with Crippen LogP contribution in [-0.2, 0) is 6.42 Å². The molecule has 0 aromatic heterocycles. The molecule has 0 saturated carbocycles. The van der Waals surface area contributed by atoms with Gasteiger partial charge in [-0.25, -0.2) is 0 Å². The molecule has 1 atom stereocenters. The average Bonchev–Trinajstić information content (AvgIpc) is 3.23. The molecule has 7 heteroatoms. The summed E-state index contributed by atoms with van der Waals surface area (Å²) in [4.78, 5) is 9.82. The first-order chi connectivity index (χ1) is 14.1. The molecule has 1 aliphatic heterocycles. The first-order valence-electron chi connectivity index (χ1n) is 10.7. The second-order valence-electron chi connectivity index (χ2n) is 7.11. The number of methoxy groups -OCH3 is 3. The lowest BCUT2D eigenvalue weighted by Gasteiger charge is -2.27. The van der Waals surface area contributed by atoms with Gasteiger partial charge in [0.05, 0.1) is 21.3 Å². The van der Waals surface area contributed by atoms with E-state index in [4.69, 9.17) is 19.2 Å². The van der Waals surface area contributed by atoms with Crippen LogP contribution in [0.1, 0.15) is 32.8 Å². The van der Waals surface area contributed by atoms with E-state index in [-0.39, 0.29) is 0 Å². The second-order valence-corrected chi connectivity index (χ2v) is 7.11. The van der Waals surface area contributed by atoms with E-state index in [1.807, 2.05) is 12.1 Å². The summed E-state index contributed by atoms with van der Waals surface area (Å²) < 4.78 is 16.5. The molecule has 1 aliphatic rings. The van der Waals surface area contributed by atoms with Crippen LogP contribution >= 0.6 is 0 Å². The number of aliphatic imine (C=N–C) groups is 1. The molecule has 7 nitrogen and oxygen atoms in total. The highest BCUT2D eigenvalue weighted by Crippen LogP contribution is 2.34. The Balaban J connectivity index is 2.10. The van der Waals surface area contributed by atoms with Gasteiger partial charge in [0.25, 0.3) is 0 Å². The lowest BCUT2D eigenvalue weighted by atomic mass is 10.1. The Morgan fingerprint density at radius 1 is 1.10 bits per heavy atom. The van der Waals surface area contributed by atoms with Gasteiger partial charge in [-0.2, -0.15) is 0 Å². The number of rotatable bonds is 10. The molecular weight excluding hydrogens is 368 g/mol. The number of nitrogens with one attached hydrogen (secondary N) is 1. The second kappa shape index (κ2) is 11.8. The van der Waals surface area contributed by atoms with Gasteiger partial charge in [0, 0.05) is 49.9 Å². The van der Waals surface area contributed by atoms with Crippen molar-refractivity contribution in [2.24, 2.45) is 4.99 Å². The molecule has 1 unspecified atom stereocenters. The molecule has 0 spiro atoms. The van der Waals surface area contributed by atoms with Gasteiger partial charge in [-0.3, -0.25) is 9.89 Å². The number of hydrogen-bond acceptors (Lipinski definition) is 5. The first kappa shape index (κ1) is 23.1. The minimum atomic E-state index is 0.607. The predicted molar refractivity (Wildman–Crippen MR) is 119 cm³/mol. The molecule has 2 rings (SSSR count). The fourth-order valence-electron chi connectivity index (χ4n) is 4.00. The Bertz CT molecular complexity index is 636. The highest BCUT2D eigenvalue weighted by atomic mass is 16.5. The predicted octanol–water partition coefficient (Wildman–Crippen LogP) is 2.64. The van der Waals surface area contributed by atoms with Crippen molar-refractivity contribution in [3.8, 4) is 17.2 Å². The van der Waals surface area contributed by atoms with Crippen molar-refractivity contribution in [1.29, 1.82) is 0 Å². The van der Waals surface area contributed by atoms with Crippen LogP contribution in [0.3, 0.4) is 0 Å². The number of hydrogen-bond donors (Lipinski definition) is 1. The Morgan fingerprint density at radius 2 is 1.76 bits per heavy atom. The Labute approximate surface area is 176 Å². The van der Waals surface area contributed by atoms with E-state index < -0.39 is 0 Å². The fraction of sp³-hybridized carbons (Fsp3) is 0.682. The summed E-state index contributed by atoms with van der Waals surface area (Å²) in [6.45, 7) is 12.4. The lowest BCUT2D eigenvalue weighted by molar-refractivity contribution is 0.223. The summed E-state index contributed by atoms with van der Waals surface area (Å²) in [6.07, 6.45) is 1.92. The zero-order chi connectivity index (χ0) is 21.2. The molecule has 1 aromatic rings. The standard InChI is InChI=1S/C22H38N4O3/c1-7-23-22(26-13-11-17(16-26)25(8-2)9-3)24-12-10-19-20(28-5)14-18(27-4)15-21(19)29-6/h14-15,17H,7-13,16H2,1-6H3,(H,23,24). The van der Waals surface area contributed by atoms with Crippen molar-refractivity contribution in [2.45, 2.75) is 39.7 Å². The number of ether oxygens (including phenoxy) is 3. The maximum Gasteiger partial charge on any atom is 0.193 e. The molecule has 0 aliphatic carbocycles. The van der Waals surface area contributed by atoms with E-state index in [2.05, 4.69) is 35.9 Å². The summed E-state index contributed by atoms with van der Waals surface area (Å²) in [6, 6.07) is 4.39. The largest absolute Gasteiger partial charge is 0.496 e. The van der Waals surface area contributed by atoms with Crippen molar-refractivity contribution < 1.29 is 14.2 Å². The number of benzene rings is 1. The van der Waals surface area contributed by atoms with Gasteiger partial charge in [0.1, 0.15) is 17.2 Å². The van der Waals surface area contributed by atoms with Gasteiger partial charge < -0.3 is 24.4 Å².